The first-order chi connectivity index (χ1) is 14.2. The molecule has 0 heterocycles. The van der Waals surface area contributed by atoms with Crippen LogP contribution in [0.25, 0.3) is 0 Å². The standard InChI is InChI=1S/C21H24O9/c1-4-17(22)27-11-28-21(26)30-18-12(2)9-16(10-13(18)3)29-20(25)15-7-5-14(6-8-15)19(23)24/h4,9-10,14-15H,1,5-8,11H2,2-3H3,(H,23,24). The molecule has 0 saturated heterocycles. The third-order valence-corrected chi connectivity index (χ3v) is 4.79. The van der Waals surface area contributed by atoms with Gasteiger partial charge in [0, 0.05) is 6.08 Å². The number of esters is 2. The van der Waals surface area contributed by atoms with Crippen molar-refractivity contribution in [3.63, 3.8) is 0 Å². The molecule has 1 N–H and O–H groups in total. The number of aryl methyl sites for hydroxylation is 2. The Morgan fingerprint density at radius 1 is 1.00 bits per heavy atom. The van der Waals surface area contributed by atoms with E-state index in [-0.39, 0.29) is 11.7 Å². The quantitative estimate of drug-likeness (QED) is 0.232. The van der Waals surface area contributed by atoms with E-state index in [9.17, 15) is 19.2 Å². The number of carboxylic acids is 1. The average Bonchev–Trinajstić information content (AvgIpc) is 2.70. The molecule has 0 unspecified atom stereocenters. The lowest BCUT2D eigenvalue weighted by Crippen LogP contribution is -2.28. The predicted molar refractivity (Wildman–Crippen MR) is 103 cm³/mol. The number of hydrogen-bond donors (Lipinski definition) is 1. The Labute approximate surface area is 173 Å². The highest BCUT2D eigenvalue weighted by Gasteiger charge is 2.31. The van der Waals surface area contributed by atoms with Crippen LogP contribution in [0.2, 0.25) is 0 Å². The summed E-state index contributed by atoms with van der Waals surface area (Å²) in [7, 11) is 0. The summed E-state index contributed by atoms with van der Waals surface area (Å²) in [4.78, 5) is 46.1. The van der Waals surface area contributed by atoms with Crippen molar-refractivity contribution in [1.82, 2.24) is 0 Å². The zero-order chi connectivity index (χ0) is 22.3. The molecule has 1 aromatic rings. The van der Waals surface area contributed by atoms with Crippen LogP contribution in [-0.2, 0) is 23.9 Å². The van der Waals surface area contributed by atoms with Gasteiger partial charge in [-0.3, -0.25) is 9.59 Å². The average molecular weight is 420 g/mol. The summed E-state index contributed by atoms with van der Waals surface area (Å²) in [6.45, 7) is 5.94. The summed E-state index contributed by atoms with van der Waals surface area (Å²) >= 11 is 0. The maximum Gasteiger partial charge on any atom is 0.516 e. The van der Waals surface area contributed by atoms with Gasteiger partial charge >= 0.3 is 24.1 Å². The Balaban J connectivity index is 1.93. The third kappa shape index (κ3) is 6.33. The van der Waals surface area contributed by atoms with Crippen molar-refractivity contribution in [3.05, 3.63) is 35.9 Å². The Morgan fingerprint density at radius 3 is 2.10 bits per heavy atom. The first-order valence-corrected chi connectivity index (χ1v) is 9.40. The lowest BCUT2D eigenvalue weighted by Gasteiger charge is -2.24. The number of carboxylic acid groups (broad SMARTS) is 1. The van der Waals surface area contributed by atoms with E-state index in [1.54, 1.807) is 26.0 Å². The SMILES string of the molecule is C=CC(=O)OCOC(=O)Oc1c(C)cc(OC(=O)C2CCC(C(=O)O)CC2)cc1C. The summed E-state index contributed by atoms with van der Waals surface area (Å²) in [5.74, 6) is -2.19. The van der Waals surface area contributed by atoms with Gasteiger partial charge in [-0.15, -0.1) is 0 Å². The van der Waals surface area contributed by atoms with E-state index in [1.807, 2.05) is 0 Å². The molecule has 1 aliphatic carbocycles. The van der Waals surface area contributed by atoms with Gasteiger partial charge in [0.15, 0.2) is 0 Å². The number of ether oxygens (including phenoxy) is 4. The van der Waals surface area contributed by atoms with Gasteiger partial charge in [0.25, 0.3) is 0 Å². The fraction of sp³-hybridized carbons (Fsp3) is 0.429. The van der Waals surface area contributed by atoms with Crippen molar-refractivity contribution in [1.29, 1.82) is 0 Å². The second kappa shape index (κ2) is 10.4. The van der Waals surface area contributed by atoms with Crippen LogP contribution in [0.15, 0.2) is 24.8 Å². The van der Waals surface area contributed by atoms with Crippen LogP contribution in [-0.4, -0.2) is 36.0 Å². The molecule has 0 atom stereocenters. The Bertz CT molecular complexity index is 812. The lowest BCUT2D eigenvalue weighted by atomic mass is 9.82. The smallest absolute Gasteiger partial charge is 0.481 e. The molecule has 0 amide bonds. The number of carbonyl (C=O) groups is 4. The number of carbonyl (C=O) groups excluding carboxylic acids is 3. The molecular formula is C21H24O9. The maximum atomic E-state index is 12.4. The van der Waals surface area contributed by atoms with E-state index in [2.05, 4.69) is 16.1 Å². The zero-order valence-corrected chi connectivity index (χ0v) is 16.8. The molecule has 0 radical (unpaired) electrons. The minimum atomic E-state index is -1.06. The third-order valence-electron chi connectivity index (χ3n) is 4.79. The summed E-state index contributed by atoms with van der Waals surface area (Å²) in [6, 6.07) is 3.10. The fourth-order valence-corrected chi connectivity index (χ4v) is 3.21. The maximum absolute atomic E-state index is 12.4. The van der Waals surface area contributed by atoms with Crippen molar-refractivity contribution in [2.45, 2.75) is 39.5 Å². The summed E-state index contributed by atoms with van der Waals surface area (Å²) < 4.78 is 19.8. The monoisotopic (exact) mass is 420 g/mol. The second-order valence-electron chi connectivity index (χ2n) is 6.98. The van der Waals surface area contributed by atoms with E-state index in [1.165, 1.54) is 0 Å². The van der Waals surface area contributed by atoms with Crippen LogP contribution in [0.1, 0.15) is 36.8 Å². The van der Waals surface area contributed by atoms with E-state index >= 15 is 0 Å². The summed E-state index contributed by atoms with van der Waals surface area (Å²) in [6.07, 6.45) is 1.71. The molecule has 2 rings (SSSR count). The molecule has 0 spiro atoms. The lowest BCUT2D eigenvalue weighted by molar-refractivity contribution is -0.147. The van der Waals surface area contributed by atoms with Crippen LogP contribution in [0.3, 0.4) is 0 Å². The van der Waals surface area contributed by atoms with Crippen LogP contribution in [0.5, 0.6) is 11.5 Å². The first kappa shape index (κ1) is 22.9. The molecule has 162 valence electrons. The molecule has 1 aliphatic rings. The van der Waals surface area contributed by atoms with Crippen LogP contribution >= 0.6 is 0 Å². The highest BCUT2D eigenvalue weighted by atomic mass is 16.8. The van der Waals surface area contributed by atoms with Crippen LogP contribution in [0.4, 0.5) is 4.79 Å². The van der Waals surface area contributed by atoms with Gasteiger partial charge in [0.2, 0.25) is 6.79 Å². The number of aliphatic carboxylic acids is 1. The molecule has 0 bridgehead atoms. The Morgan fingerprint density at radius 2 is 1.57 bits per heavy atom. The van der Waals surface area contributed by atoms with Crippen molar-refractivity contribution >= 4 is 24.1 Å². The van der Waals surface area contributed by atoms with Gasteiger partial charge < -0.3 is 24.1 Å². The second-order valence-corrected chi connectivity index (χ2v) is 6.98. The Kier molecular flexibility index (Phi) is 7.97. The van der Waals surface area contributed by atoms with Gasteiger partial charge in [0.05, 0.1) is 11.8 Å². The van der Waals surface area contributed by atoms with E-state index in [0.717, 1.165) is 6.08 Å². The first-order valence-electron chi connectivity index (χ1n) is 9.40. The summed E-state index contributed by atoms with van der Waals surface area (Å²) in [5.41, 5.74) is 1.07. The molecule has 1 saturated carbocycles. The fourth-order valence-electron chi connectivity index (χ4n) is 3.21. The van der Waals surface area contributed by atoms with Gasteiger partial charge in [-0.1, -0.05) is 6.58 Å². The van der Waals surface area contributed by atoms with Gasteiger partial charge in [-0.2, -0.15) is 0 Å². The molecule has 0 aliphatic heterocycles. The van der Waals surface area contributed by atoms with Crippen molar-refractivity contribution in [2.75, 3.05) is 6.79 Å². The van der Waals surface area contributed by atoms with E-state index in [4.69, 9.17) is 14.6 Å². The normalized spacial score (nSPS) is 18.1. The molecular weight excluding hydrogens is 396 g/mol. The molecule has 9 heteroatoms. The highest BCUT2D eigenvalue weighted by Crippen LogP contribution is 2.32. The Hall–Kier alpha value is -3.36. The molecule has 9 nitrogen and oxygen atoms in total. The van der Waals surface area contributed by atoms with Crippen molar-refractivity contribution in [2.24, 2.45) is 11.8 Å². The molecule has 1 aromatic carbocycles. The predicted octanol–water partition coefficient (Wildman–Crippen LogP) is 3.30. The highest BCUT2D eigenvalue weighted by molar-refractivity contribution is 5.81. The zero-order valence-electron chi connectivity index (χ0n) is 16.8. The van der Waals surface area contributed by atoms with Gasteiger partial charge in [0.1, 0.15) is 11.5 Å². The molecule has 30 heavy (non-hydrogen) atoms. The number of rotatable bonds is 7. The van der Waals surface area contributed by atoms with E-state index < -0.39 is 36.8 Å². The minimum Gasteiger partial charge on any atom is -0.481 e. The number of benzene rings is 1. The molecule has 1 fully saturated rings. The molecule has 0 aromatic heterocycles. The largest absolute Gasteiger partial charge is 0.516 e. The van der Waals surface area contributed by atoms with Crippen LogP contribution < -0.4 is 9.47 Å². The van der Waals surface area contributed by atoms with Crippen LogP contribution in [0, 0.1) is 25.7 Å². The summed E-state index contributed by atoms with van der Waals surface area (Å²) in [5, 5.41) is 9.04. The van der Waals surface area contributed by atoms with Gasteiger partial charge in [-0.25, -0.2) is 9.59 Å². The number of hydrogen-bond acceptors (Lipinski definition) is 8. The van der Waals surface area contributed by atoms with Crippen molar-refractivity contribution in [3.8, 4) is 11.5 Å². The minimum absolute atomic E-state index is 0.233. The topological polar surface area (TPSA) is 125 Å². The van der Waals surface area contributed by atoms with Gasteiger partial charge in [-0.05, 0) is 62.8 Å². The van der Waals surface area contributed by atoms with E-state index in [0.29, 0.717) is 42.6 Å². The van der Waals surface area contributed by atoms with Crippen molar-refractivity contribution < 1.29 is 43.2 Å².